The van der Waals surface area contributed by atoms with Crippen molar-refractivity contribution < 1.29 is 4.74 Å². The van der Waals surface area contributed by atoms with E-state index in [4.69, 9.17) is 27.9 Å². The van der Waals surface area contributed by atoms with Crippen LogP contribution >= 0.6 is 23.2 Å². The third-order valence-corrected chi connectivity index (χ3v) is 3.24. The molecule has 2 aromatic rings. The Morgan fingerprint density at radius 1 is 1.10 bits per heavy atom. The Morgan fingerprint density at radius 3 is 2.50 bits per heavy atom. The molecular weight excluding hydrogens is 295 g/mol. The molecule has 0 aliphatic heterocycles. The zero-order valence-electron chi connectivity index (χ0n) is 11.2. The lowest BCUT2D eigenvalue weighted by molar-refractivity contribution is 0.302. The first-order valence-corrected chi connectivity index (χ1v) is 7.23. The van der Waals surface area contributed by atoms with Crippen molar-refractivity contribution in [2.45, 2.75) is 20.0 Å². The van der Waals surface area contributed by atoms with Crippen LogP contribution in [0.4, 0.5) is 5.82 Å². The molecule has 5 heteroatoms. The van der Waals surface area contributed by atoms with Crippen LogP contribution in [0.2, 0.25) is 10.0 Å². The molecule has 0 atom stereocenters. The van der Waals surface area contributed by atoms with Crippen LogP contribution in [0.1, 0.15) is 19.0 Å². The Hall–Kier alpha value is -1.45. The van der Waals surface area contributed by atoms with Gasteiger partial charge < -0.3 is 10.1 Å². The normalized spacial score (nSPS) is 10.3. The van der Waals surface area contributed by atoms with E-state index in [9.17, 15) is 0 Å². The maximum atomic E-state index is 6.05. The number of hydrogen-bond donors (Lipinski definition) is 1. The first-order chi connectivity index (χ1) is 9.70. The lowest BCUT2D eigenvalue weighted by Gasteiger charge is -2.10. The van der Waals surface area contributed by atoms with Gasteiger partial charge in [0.25, 0.3) is 0 Å². The van der Waals surface area contributed by atoms with Gasteiger partial charge in [-0.2, -0.15) is 0 Å². The minimum absolute atomic E-state index is 0.325. The van der Waals surface area contributed by atoms with Gasteiger partial charge in [-0.15, -0.1) is 0 Å². The molecule has 0 radical (unpaired) electrons. The SMILES string of the molecule is CCCNc1cccc(COc2c(Cl)cccc2Cl)n1. The van der Waals surface area contributed by atoms with Gasteiger partial charge in [-0.1, -0.05) is 42.3 Å². The van der Waals surface area contributed by atoms with Crippen molar-refractivity contribution in [3.05, 3.63) is 52.1 Å². The van der Waals surface area contributed by atoms with Crippen molar-refractivity contribution in [3.8, 4) is 5.75 Å². The number of hydrogen-bond acceptors (Lipinski definition) is 3. The van der Waals surface area contributed by atoms with Crippen LogP contribution in [0.25, 0.3) is 0 Å². The lowest BCUT2D eigenvalue weighted by Crippen LogP contribution is -2.05. The number of nitrogens with zero attached hydrogens (tertiary/aromatic N) is 1. The van der Waals surface area contributed by atoms with Crippen molar-refractivity contribution in [1.82, 2.24) is 4.98 Å². The highest BCUT2D eigenvalue weighted by Gasteiger charge is 2.07. The Labute approximate surface area is 128 Å². The molecule has 2 rings (SSSR count). The summed E-state index contributed by atoms with van der Waals surface area (Å²) in [6.45, 7) is 3.33. The molecular formula is C15H16Cl2N2O. The maximum absolute atomic E-state index is 6.05. The Bertz CT molecular complexity index is 555. The summed E-state index contributed by atoms with van der Waals surface area (Å²) in [4.78, 5) is 4.46. The number of aromatic nitrogens is 1. The monoisotopic (exact) mass is 310 g/mol. The van der Waals surface area contributed by atoms with Crippen LogP contribution in [0.5, 0.6) is 5.75 Å². The molecule has 1 aromatic carbocycles. The van der Waals surface area contributed by atoms with Crippen molar-refractivity contribution in [1.29, 1.82) is 0 Å². The van der Waals surface area contributed by atoms with E-state index in [0.717, 1.165) is 24.5 Å². The van der Waals surface area contributed by atoms with E-state index >= 15 is 0 Å². The van der Waals surface area contributed by atoms with E-state index in [0.29, 0.717) is 22.4 Å². The fourth-order valence-electron chi connectivity index (χ4n) is 1.68. The Morgan fingerprint density at radius 2 is 1.80 bits per heavy atom. The second kappa shape index (κ2) is 7.36. The smallest absolute Gasteiger partial charge is 0.157 e. The highest BCUT2D eigenvalue weighted by molar-refractivity contribution is 6.37. The Balaban J connectivity index is 2.03. The third kappa shape index (κ3) is 4.02. The molecule has 0 aliphatic carbocycles. The quantitative estimate of drug-likeness (QED) is 0.833. The maximum Gasteiger partial charge on any atom is 0.157 e. The van der Waals surface area contributed by atoms with Crippen molar-refractivity contribution in [2.75, 3.05) is 11.9 Å². The van der Waals surface area contributed by atoms with Gasteiger partial charge in [-0.05, 0) is 30.7 Å². The summed E-state index contributed by atoms with van der Waals surface area (Å²) in [5.74, 6) is 1.34. The molecule has 0 bridgehead atoms. The number of para-hydroxylation sites is 1. The molecule has 1 N–H and O–H groups in total. The summed E-state index contributed by atoms with van der Waals surface area (Å²) >= 11 is 12.1. The van der Waals surface area contributed by atoms with Crippen LogP contribution in [-0.2, 0) is 6.61 Å². The highest BCUT2D eigenvalue weighted by Crippen LogP contribution is 2.32. The minimum Gasteiger partial charge on any atom is -0.484 e. The standard InChI is InChI=1S/C15H16Cl2N2O/c1-2-9-18-14-8-3-5-11(19-14)10-20-15-12(16)6-4-7-13(15)17/h3-8H,2,9-10H2,1H3,(H,18,19). The van der Waals surface area contributed by atoms with Crippen LogP contribution in [-0.4, -0.2) is 11.5 Å². The second-order valence-corrected chi connectivity index (χ2v) is 5.09. The summed E-state index contributed by atoms with van der Waals surface area (Å²) in [6, 6.07) is 11.1. The summed E-state index contributed by atoms with van der Waals surface area (Å²) in [6.07, 6.45) is 1.05. The number of benzene rings is 1. The fourth-order valence-corrected chi connectivity index (χ4v) is 2.18. The predicted molar refractivity (Wildman–Crippen MR) is 83.8 cm³/mol. The first-order valence-electron chi connectivity index (χ1n) is 6.47. The molecule has 0 unspecified atom stereocenters. The van der Waals surface area contributed by atoms with Gasteiger partial charge in [0, 0.05) is 6.54 Å². The molecule has 106 valence electrons. The average Bonchev–Trinajstić information content (AvgIpc) is 2.45. The molecule has 0 saturated carbocycles. The fraction of sp³-hybridized carbons (Fsp3) is 0.267. The van der Waals surface area contributed by atoms with Gasteiger partial charge in [0.15, 0.2) is 5.75 Å². The molecule has 20 heavy (non-hydrogen) atoms. The molecule has 0 aliphatic rings. The van der Waals surface area contributed by atoms with E-state index < -0.39 is 0 Å². The van der Waals surface area contributed by atoms with Gasteiger partial charge in [-0.25, -0.2) is 4.98 Å². The molecule has 1 aromatic heterocycles. The molecule has 0 fully saturated rings. The zero-order valence-corrected chi connectivity index (χ0v) is 12.7. The Kier molecular flexibility index (Phi) is 5.50. The van der Waals surface area contributed by atoms with E-state index in [1.807, 2.05) is 18.2 Å². The molecule has 3 nitrogen and oxygen atoms in total. The predicted octanol–water partition coefficient (Wildman–Crippen LogP) is 4.79. The summed E-state index contributed by atoms with van der Waals surface area (Å²) in [5, 5.41) is 4.23. The number of anilines is 1. The van der Waals surface area contributed by atoms with Gasteiger partial charge >= 0.3 is 0 Å². The second-order valence-electron chi connectivity index (χ2n) is 4.28. The third-order valence-electron chi connectivity index (χ3n) is 2.65. The van der Waals surface area contributed by atoms with Crippen molar-refractivity contribution in [2.24, 2.45) is 0 Å². The number of ether oxygens (including phenoxy) is 1. The van der Waals surface area contributed by atoms with Gasteiger partial charge in [-0.3, -0.25) is 0 Å². The van der Waals surface area contributed by atoms with Gasteiger partial charge in [0.1, 0.15) is 12.4 Å². The number of pyridine rings is 1. The van der Waals surface area contributed by atoms with E-state index in [-0.39, 0.29) is 0 Å². The van der Waals surface area contributed by atoms with Crippen LogP contribution < -0.4 is 10.1 Å². The van der Waals surface area contributed by atoms with E-state index in [2.05, 4.69) is 17.2 Å². The minimum atomic E-state index is 0.325. The van der Waals surface area contributed by atoms with Crippen LogP contribution in [0.3, 0.4) is 0 Å². The average molecular weight is 311 g/mol. The van der Waals surface area contributed by atoms with Crippen molar-refractivity contribution in [3.63, 3.8) is 0 Å². The number of nitrogens with one attached hydrogen (secondary N) is 1. The molecule has 0 amide bonds. The lowest BCUT2D eigenvalue weighted by atomic mass is 10.3. The topological polar surface area (TPSA) is 34.1 Å². The van der Waals surface area contributed by atoms with Gasteiger partial charge in [0.05, 0.1) is 15.7 Å². The summed E-state index contributed by atoms with van der Waals surface area (Å²) < 4.78 is 5.66. The number of halogens is 2. The highest BCUT2D eigenvalue weighted by atomic mass is 35.5. The zero-order chi connectivity index (χ0) is 14.4. The molecule has 1 heterocycles. The summed E-state index contributed by atoms with van der Waals surface area (Å²) in [7, 11) is 0. The van der Waals surface area contributed by atoms with E-state index in [1.165, 1.54) is 0 Å². The number of rotatable bonds is 6. The largest absolute Gasteiger partial charge is 0.484 e. The first kappa shape index (κ1) is 14.9. The van der Waals surface area contributed by atoms with Gasteiger partial charge in [0.2, 0.25) is 0 Å². The van der Waals surface area contributed by atoms with Crippen LogP contribution in [0, 0.1) is 0 Å². The van der Waals surface area contributed by atoms with Crippen LogP contribution in [0.15, 0.2) is 36.4 Å². The summed E-state index contributed by atoms with van der Waals surface area (Å²) in [5.41, 5.74) is 0.821. The van der Waals surface area contributed by atoms with E-state index in [1.54, 1.807) is 18.2 Å². The van der Waals surface area contributed by atoms with Crippen molar-refractivity contribution >= 4 is 29.0 Å². The molecule has 0 spiro atoms. The molecule has 0 saturated heterocycles.